The minimum Gasteiger partial charge on any atom is -0.469 e. The maximum atomic E-state index is 12.2. The maximum Gasteiger partial charge on any atom is 0.341 e. The van der Waals surface area contributed by atoms with Gasteiger partial charge in [-0.1, -0.05) is 38.6 Å². The summed E-state index contributed by atoms with van der Waals surface area (Å²) in [5, 5.41) is 11.7. The standard InChI is InChI=1S/C29H35N7O2S/c1-6-32-29(37)36-28-17(4)11-20-12-19(13-22(25(20)39-28)23-9-7-8-10-33-23)21-14-34-27(35-15-21)18(5)38-26(31)24(30)16(2)3/h7-10,12-18,24,31H,6,11,30H2,1-5H3,(H,32,37). The highest BCUT2D eigenvalue weighted by atomic mass is 32.2. The molecule has 2 amide bonds. The van der Waals surface area contributed by atoms with Gasteiger partial charge in [-0.15, -0.1) is 0 Å². The minimum atomic E-state index is -0.496. The number of nitrogens with zero attached hydrogens (tertiary/aromatic N) is 4. The summed E-state index contributed by atoms with van der Waals surface area (Å²) < 4.78 is 5.70. The molecule has 0 spiro atoms. The fourth-order valence-corrected chi connectivity index (χ4v) is 5.38. The second kappa shape index (κ2) is 12.5. The first-order valence-corrected chi connectivity index (χ1v) is 13.9. The molecule has 39 heavy (non-hydrogen) atoms. The number of thioether (sulfide) groups is 1. The molecule has 1 aromatic carbocycles. The van der Waals surface area contributed by atoms with Gasteiger partial charge in [-0.2, -0.15) is 4.99 Å². The van der Waals surface area contributed by atoms with Crippen LogP contribution >= 0.6 is 11.8 Å². The first kappa shape index (κ1) is 28.4. The molecule has 3 heterocycles. The van der Waals surface area contributed by atoms with E-state index >= 15 is 0 Å². The number of carbonyl (C=O) groups is 1. The molecule has 2 aromatic heterocycles. The SMILES string of the molecule is CCNC(=O)N=C1Sc2c(cc(-c3cnc(C(C)OC(=N)C(N)C(C)C)nc3)cc2-c2ccccn2)CC1C. The fourth-order valence-electron chi connectivity index (χ4n) is 4.21. The Morgan fingerprint density at radius 3 is 2.59 bits per heavy atom. The van der Waals surface area contributed by atoms with Crippen LogP contribution in [0.25, 0.3) is 22.4 Å². The van der Waals surface area contributed by atoms with Crippen molar-refractivity contribution in [1.29, 1.82) is 5.41 Å². The van der Waals surface area contributed by atoms with Crippen LogP contribution in [0, 0.1) is 17.2 Å². The van der Waals surface area contributed by atoms with Crippen LogP contribution in [0.3, 0.4) is 0 Å². The number of benzene rings is 1. The third-order valence-corrected chi connectivity index (χ3v) is 7.88. The molecule has 4 N–H and O–H groups in total. The number of nitrogens with one attached hydrogen (secondary N) is 2. The molecule has 0 aliphatic carbocycles. The summed E-state index contributed by atoms with van der Waals surface area (Å²) in [4.78, 5) is 31.3. The summed E-state index contributed by atoms with van der Waals surface area (Å²) in [7, 11) is 0. The number of aromatic nitrogens is 3. The Bertz CT molecular complexity index is 1360. The van der Waals surface area contributed by atoms with Gasteiger partial charge in [-0.25, -0.2) is 14.8 Å². The van der Waals surface area contributed by atoms with Crippen LogP contribution in [0.2, 0.25) is 0 Å². The van der Waals surface area contributed by atoms with E-state index in [1.807, 2.05) is 45.9 Å². The number of fused-ring (bicyclic) bond motifs is 1. The molecule has 9 nitrogen and oxygen atoms in total. The van der Waals surface area contributed by atoms with E-state index in [0.717, 1.165) is 44.3 Å². The highest BCUT2D eigenvalue weighted by Gasteiger charge is 2.27. The van der Waals surface area contributed by atoms with E-state index < -0.39 is 12.1 Å². The van der Waals surface area contributed by atoms with Gasteiger partial charge in [0.2, 0.25) is 0 Å². The van der Waals surface area contributed by atoms with Gasteiger partial charge < -0.3 is 15.8 Å². The van der Waals surface area contributed by atoms with Crippen molar-refractivity contribution in [2.24, 2.45) is 22.6 Å². The van der Waals surface area contributed by atoms with Crippen molar-refractivity contribution in [2.45, 2.75) is 58.1 Å². The molecule has 0 radical (unpaired) electrons. The number of rotatable bonds is 7. The number of aliphatic imine (C=N–C) groups is 1. The minimum absolute atomic E-state index is 0.0292. The monoisotopic (exact) mass is 545 g/mol. The van der Waals surface area contributed by atoms with E-state index in [1.165, 1.54) is 11.8 Å². The summed E-state index contributed by atoms with van der Waals surface area (Å²) in [5.41, 5.74) is 10.8. The molecule has 0 fully saturated rings. The molecule has 4 rings (SSSR count). The van der Waals surface area contributed by atoms with Crippen LogP contribution < -0.4 is 11.1 Å². The number of hydrogen-bond donors (Lipinski definition) is 3. The largest absolute Gasteiger partial charge is 0.469 e. The number of amides is 2. The van der Waals surface area contributed by atoms with E-state index in [2.05, 4.69) is 44.3 Å². The first-order valence-electron chi connectivity index (χ1n) is 13.1. The Morgan fingerprint density at radius 2 is 1.95 bits per heavy atom. The molecule has 1 aliphatic rings. The smallest absolute Gasteiger partial charge is 0.341 e. The Kier molecular flexibility index (Phi) is 9.08. The van der Waals surface area contributed by atoms with Crippen molar-refractivity contribution < 1.29 is 9.53 Å². The van der Waals surface area contributed by atoms with Crippen LogP contribution in [0.4, 0.5) is 4.79 Å². The molecule has 3 atom stereocenters. The zero-order chi connectivity index (χ0) is 28.1. The van der Waals surface area contributed by atoms with Gasteiger partial charge in [0.1, 0.15) is 0 Å². The second-order valence-electron chi connectivity index (χ2n) is 9.94. The second-order valence-corrected chi connectivity index (χ2v) is 11.0. The molecular formula is C29H35N7O2S. The lowest BCUT2D eigenvalue weighted by atomic mass is 9.94. The average Bonchev–Trinajstić information content (AvgIpc) is 2.93. The van der Waals surface area contributed by atoms with Crippen LogP contribution in [0.1, 0.15) is 52.1 Å². The number of ether oxygens (including phenoxy) is 1. The quantitative estimate of drug-likeness (QED) is 0.257. The Labute approximate surface area is 233 Å². The van der Waals surface area contributed by atoms with E-state index in [-0.39, 0.29) is 23.8 Å². The number of hydrogen-bond acceptors (Lipinski definition) is 8. The molecule has 3 unspecified atom stereocenters. The lowest BCUT2D eigenvalue weighted by molar-refractivity contribution is 0.186. The maximum absolute atomic E-state index is 12.2. The van der Waals surface area contributed by atoms with E-state index in [9.17, 15) is 4.79 Å². The van der Waals surface area contributed by atoms with E-state index in [0.29, 0.717) is 12.4 Å². The molecule has 0 saturated carbocycles. The zero-order valence-electron chi connectivity index (χ0n) is 22.9. The Balaban J connectivity index is 1.67. The molecule has 1 aliphatic heterocycles. The van der Waals surface area contributed by atoms with Crippen LogP contribution in [-0.2, 0) is 11.2 Å². The Hall–Kier alpha value is -3.63. The first-order chi connectivity index (χ1) is 18.7. The lowest BCUT2D eigenvalue weighted by Gasteiger charge is -2.26. The van der Waals surface area contributed by atoms with Gasteiger partial charge in [-0.05, 0) is 61.6 Å². The fraction of sp³-hybridized carbons (Fsp3) is 0.379. The van der Waals surface area contributed by atoms with E-state index in [1.54, 1.807) is 18.6 Å². The molecule has 0 bridgehead atoms. The normalized spacial score (nSPS) is 17.4. The Morgan fingerprint density at radius 1 is 1.21 bits per heavy atom. The van der Waals surface area contributed by atoms with Gasteiger partial charge in [0.25, 0.3) is 0 Å². The molecule has 3 aromatic rings. The van der Waals surface area contributed by atoms with Crippen LogP contribution in [0.15, 0.2) is 58.8 Å². The predicted molar refractivity (Wildman–Crippen MR) is 156 cm³/mol. The van der Waals surface area contributed by atoms with Crippen LogP contribution in [-0.4, -0.2) is 44.5 Å². The van der Waals surface area contributed by atoms with E-state index in [4.69, 9.17) is 15.9 Å². The average molecular weight is 546 g/mol. The summed E-state index contributed by atoms with van der Waals surface area (Å²) in [6.07, 6.45) is 5.58. The van der Waals surface area contributed by atoms with Gasteiger partial charge in [-0.3, -0.25) is 10.4 Å². The van der Waals surface area contributed by atoms with Gasteiger partial charge in [0.15, 0.2) is 17.8 Å². The summed E-state index contributed by atoms with van der Waals surface area (Å²) in [5.74, 6) is 0.711. The van der Waals surface area contributed by atoms with Crippen molar-refractivity contribution in [3.63, 3.8) is 0 Å². The molecule has 204 valence electrons. The van der Waals surface area contributed by atoms with Crippen molar-refractivity contribution in [3.05, 3.63) is 60.3 Å². The number of carbonyl (C=O) groups excluding carboxylic acids is 1. The predicted octanol–water partition coefficient (Wildman–Crippen LogP) is 5.66. The molecule has 10 heteroatoms. The van der Waals surface area contributed by atoms with Crippen molar-refractivity contribution >= 4 is 28.7 Å². The number of pyridine rings is 1. The third-order valence-electron chi connectivity index (χ3n) is 6.49. The zero-order valence-corrected chi connectivity index (χ0v) is 23.7. The summed E-state index contributed by atoms with van der Waals surface area (Å²) >= 11 is 1.53. The highest BCUT2D eigenvalue weighted by molar-refractivity contribution is 8.14. The topological polar surface area (TPSA) is 139 Å². The van der Waals surface area contributed by atoms with Gasteiger partial charge in [0.05, 0.1) is 16.8 Å². The molecular weight excluding hydrogens is 510 g/mol. The summed E-state index contributed by atoms with van der Waals surface area (Å²) in [6.45, 7) is 10.2. The van der Waals surface area contributed by atoms with Gasteiger partial charge in [0, 0.05) is 47.1 Å². The lowest BCUT2D eigenvalue weighted by Crippen LogP contribution is -2.37. The number of nitrogens with two attached hydrogens (primary N) is 1. The highest BCUT2D eigenvalue weighted by Crippen LogP contribution is 2.43. The third kappa shape index (κ3) is 6.69. The van der Waals surface area contributed by atoms with Crippen molar-refractivity contribution in [3.8, 4) is 22.4 Å². The summed E-state index contributed by atoms with van der Waals surface area (Å²) in [6, 6.07) is 9.28. The van der Waals surface area contributed by atoms with Crippen molar-refractivity contribution in [1.82, 2.24) is 20.3 Å². The number of urea groups is 1. The van der Waals surface area contributed by atoms with Gasteiger partial charge >= 0.3 is 6.03 Å². The van der Waals surface area contributed by atoms with Crippen LogP contribution in [0.5, 0.6) is 0 Å². The molecule has 0 saturated heterocycles. The van der Waals surface area contributed by atoms with Crippen molar-refractivity contribution in [2.75, 3.05) is 6.54 Å².